The molecule has 0 fully saturated rings. The van der Waals surface area contributed by atoms with Gasteiger partial charge in [-0.3, -0.25) is 19.7 Å². The van der Waals surface area contributed by atoms with E-state index in [4.69, 9.17) is 14.3 Å². The summed E-state index contributed by atoms with van der Waals surface area (Å²) in [5.41, 5.74) is -0.461. The molecule has 0 bridgehead atoms. The van der Waals surface area contributed by atoms with Gasteiger partial charge in [0.15, 0.2) is 11.5 Å². The molecule has 0 unspecified atom stereocenters. The molecule has 2 rings (SSSR count). The molecule has 8 nitrogen and oxygen atoms in total. The molecule has 102 valence electrons. The van der Waals surface area contributed by atoms with Crippen LogP contribution in [0.15, 0.2) is 12.1 Å². The Morgan fingerprint density at radius 2 is 1.95 bits per heavy atom. The fourth-order valence-corrected chi connectivity index (χ4v) is 1.65. The number of fused-ring (bicyclic) bond motifs is 1. The summed E-state index contributed by atoms with van der Waals surface area (Å²) in [5.74, 6) is -0.0644. The lowest BCUT2D eigenvalue weighted by molar-refractivity contribution is -0.385. The fourth-order valence-electron chi connectivity index (χ4n) is 1.65. The summed E-state index contributed by atoms with van der Waals surface area (Å²) in [4.78, 5) is 27.1. The van der Waals surface area contributed by atoms with Gasteiger partial charge in [0, 0.05) is 13.1 Å². The fraction of sp³-hybridized carbons (Fsp3) is 0.364. The topological polar surface area (TPSA) is 91.1 Å². The van der Waals surface area contributed by atoms with E-state index >= 15 is 0 Å². The average Bonchev–Trinajstić information content (AvgIpc) is 2.44. The van der Waals surface area contributed by atoms with Crippen molar-refractivity contribution in [3.63, 3.8) is 0 Å². The molecular weight excluding hydrogens is 256 g/mol. The van der Waals surface area contributed by atoms with Crippen LogP contribution < -0.4 is 9.47 Å². The highest BCUT2D eigenvalue weighted by molar-refractivity contribution is 5.98. The minimum absolute atomic E-state index is 0.112. The predicted octanol–water partition coefficient (Wildman–Crippen LogP) is 0.999. The van der Waals surface area contributed by atoms with Crippen LogP contribution in [-0.2, 0) is 4.84 Å². The first kappa shape index (κ1) is 13.1. The largest absolute Gasteiger partial charge is 0.486 e. The lowest BCUT2D eigenvalue weighted by atomic mass is 10.1. The third-order valence-electron chi connectivity index (χ3n) is 2.65. The maximum absolute atomic E-state index is 12.0. The number of hydrogen-bond donors (Lipinski definition) is 0. The van der Waals surface area contributed by atoms with Crippen molar-refractivity contribution in [2.45, 2.75) is 0 Å². The molecule has 0 aromatic heterocycles. The number of nitro groups is 1. The molecule has 1 amide bonds. The molecule has 1 aromatic rings. The Balaban J connectivity index is 2.51. The second-order valence-corrected chi connectivity index (χ2v) is 3.76. The molecule has 8 heteroatoms. The highest BCUT2D eigenvalue weighted by Gasteiger charge is 2.28. The zero-order chi connectivity index (χ0) is 14.0. The van der Waals surface area contributed by atoms with Crippen molar-refractivity contribution in [2.24, 2.45) is 0 Å². The summed E-state index contributed by atoms with van der Waals surface area (Å²) in [7, 11) is 2.66. The Kier molecular flexibility index (Phi) is 3.52. The van der Waals surface area contributed by atoms with Crippen LogP contribution in [0.25, 0.3) is 0 Å². The third kappa shape index (κ3) is 2.43. The molecule has 0 spiro atoms. The van der Waals surface area contributed by atoms with Gasteiger partial charge < -0.3 is 9.47 Å². The molecule has 1 aromatic carbocycles. The summed E-state index contributed by atoms with van der Waals surface area (Å²) in [6.45, 7) is 0.647. The first-order valence-electron chi connectivity index (χ1n) is 5.44. The van der Waals surface area contributed by atoms with Gasteiger partial charge in [-0.15, -0.1) is 0 Å². The van der Waals surface area contributed by atoms with E-state index in [1.807, 2.05) is 0 Å². The molecule has 0 saturated carbocycles. The van der Waals surface area contributed by atoms with Crippen LogP contribution in [0.5, 0.6) is 11.5 Å². The predicted molar refractivity (Wildman–Crippen MR) is 63.2 cm³/mol. The van der Waals surface area contributed by atoms with Crippen LogP contribution in [0.3, 0.4) is 0 Å². The quantitative estimate of drug-likeness (QED) is 0.600. The van der Waals surface area contributed by atoms with Gasteiger partial charge in [0.1, 0.15) is 18.8 Å². The van der Waals surface area contributed by atoms with Crippen molar-refractivity contribution in [3.8, 4) is 11.5 Å². The van der Waals surface area contributed by atoms with Crippen molar-refractivity contribution in [2.75, 3.05) is 27.4 Å². The molecule has 19 heavy (non-hydrogen) atoms. The minimum atomic E-state index is -0.644. The molecule has 0 atom stereocenters. The maximum atomic E-state index is 12.0. The van der Waals surface area contributed by atoms with Crippen molar-refractivity contribution >= 4 is 11.6 Å². The van der Waals surface area contributed by atoms with E-state index in [9.17, 15) is 14.9 Å². The van der Waals surface area contributed by atoms with Gasteiger partial charge in [-0.2, -0.15) is 0 Å². The summed E-state index contributed by atoms with van der Waals surface area (Å²) >= 11 is 0. The van der Waals surface area contributed by atoms with Gasteiger partial charge in [-0.05, 0) is 0 Å². The van der Waals surface area contributed by atoms with E-state index in [2.05, 4.69) is 0 Å². The van der Waals surface area contributed by atoms with E-state index in [1.54, 1.807) is 0 Å². The highest BCUT2D eigenvalue weighted by Crippen LogP contribution is 2.36. The van der Waals surface area contributed by atoms with Gasteiger partial charge in [-0.1, -0.05) is 0 Å². The minimum Gasteiger partial charge on any atom is -0.486 e. The van der Waals surface area contributed by atoms with Crippen LogP contribution in [0, 0.1) is 10.1 Å². The Hall–Kier alpha value is -2.35. The van der Waals surface area contributed by atoms with Gasteiger partial charge in [0.2, 0.25) is 0 Å². The Morgan fingerprint density at radius 1 is 1.37 bits per heavy atom. The van der Waals surface area contributed by atoms with Gasteiger partial charge >= 0.3 is 0 Å². The zero-order valence-electron chi connectivity index (χ0n) is 10.4. The highest BCUT2D eigenvalue weighted by atomic mass is 16.7. The van der Waals surface area contributed by atoms with Crippen molar-refractivity contribution in [1.82, 2.24) is 5.06 Å². The number of amides is 1. The molecule has 1 heterocycles. The number of benzene rings is 1. The van der Waals surface area contributed by atoms with Crippen molar-refractivity contribution < 1.29 is 24.0 Å². The Bertz CT molecular complexity index is 530. The first-order valence-corrected chi connectivity index (χ1v) is 5.44. The molecule has 0 N–H and O–H groups in total. The Morgan fingerprint density at radius 3 is 2.47 bits per heavy atom. The third-order valence-corrected chi connectivity index (χ3v) is 2.65. The molecule has 0 saturated heterocycles. The molecule has 1 aliphatic rings. The standard InChI is InChI=1S/C11H12N2O6/c1-12(17-2)11(14)7-5-9-10(19-4-3-18-9)6-8(7)13(15)16/h5-6H,3-4H2,1-2H3. The number of nitrogens with zero attached hydrogens (tertiary/aromatic N) is 2. The summed E-state index contributed by atoms with van der Waals surface area (Å²) in [6, 6.07) is 2.48. The number of carbonyl (C=O) groups is 1. The normalized spacial score (nSPS) is 12.9. The maximum Gasteiger partial charge on any atom is 0.286 e. The van der Waals surface area contributed by atoms with Crippen LogP contribution in [0.1, 0.15) is 10.4 Å². The number of hydrogen-bond acceptors (Lipinski definition) is 6. The van der Waals surface area contributed by atoms with Crippen LogP contribution in [0.2, 0.25) is 0 Å². The molecule has 0 aliphatic carbocycles. The number of carbonyl (C=O) groups excluding carboxylic acids is 1. The zero-order valence-corrected chi connectivity index (χ0v) is 10.4. The first-order chi connectivity index (χ1) is 9.04. The second-order valence-electron chi connectivity index (χ2n) is 3.76. The monoisotopic (exact) mass is 268 g/mol. The summed E-state index contributed by atoms with van der Waals surface area (Å²) in [5, 5.41) is 11.9. The van der Waals surface area contributed by atoms with E-state index in [-0.39, 0.29) is 17.0 Å². The van der Waals surface area contributed by atoms with E-state index < -0.39 is 10.8 Å². The number of nitro benzene ring substituents is 1. The van der Waals surface area contributed by atoms with Gasteiger partial charge in [0.25, 0.3) is 11.6 Å². The smallest absolute Gasteiger partial charge is 0.286 e. The van der Waals surface area contributed by atoms with E-state index in [0.29, 0.717) is 19.0 Å². The van der Waals surface area contributed by atoms with Gasteiger partial charge in [0.05, 0.1) is 18.1 Å². The molecule has 0 radical (unpaired) electrons. The van der Waals surface area contributed by atoms with Crippen molar-refractivity contribution in [1.29, 1.82) is 0 Å². The lowest BCUT2D eigenvalue weighted by Crippen LogP contribution is -2.26. The van der Waals surface area contributed by atoms with Crippen molar-refractivity contribution in [3.05, 3.63) is 27.8 Å². The average molecular weight is 268 g/mol. The number of hydroxylamine groups is 2. The summed E-state index contributed by atoms with van der Waals surface area (Å²) in [6.07, 6.45) is 0. The van der Waals surface area contributed by atoms with Gasteiger partial charge in [-0.25, -0.2) is 5.06 Å². The van der Waals surface area contributed by atoms with E-state index in [1.165, 1.54) is 26.3 Å². The SMILES string of the molecule is CON(C)C(=O)c1cc2c(cc1[N+](=O)[O-])OCCO2. The van der Waals surface area contributed by atoms with Crippen LogP contribution >= 0.6 is 0 Å². The summed E-state index contributed by atoms with van der Waals surface area (Å²) < 4.78 is 10.6. The Labute approximate surface area is 108 Å². The number of ether oxygens (including phenoxy) is 2. The lowest BCUT2D eigenvalue weighted by Gasteiger charge is -2.20. The molecule has 1 aliphatic heterocycles. The van der Waals surface area contributed by atoms with E-state index in [0.717, 1.165) is 5.06 Å². The number of rotatable bonds is 3. The van der Waals surface area contributed by atoms with Crippen LogP contribution in [0.4, 0.5) is 5.69 Å². The molecular formula is C11H12N2O6. The second kappa shape index (κ2) is 5.11. The van der Waals surface area contributed by atoms with Crippen LogP contribution in [-0.4, -0.2) is 43.3 Å².